The quantitative estimate of drug-likeness (QED) is 0.147. The number of nitrogens with zero attached hydrogens (tertiary/aromatic N) is 3. The largest absolute Gasteiger partial charge is 0.507 e. The van der Waals surface area contributed by atoms with Gasteiger partial charge in [-0.05, 0) is 105 Å². The van der Waals surface area contributed by atoms with Gasteiger partial charge in [0.05, 0.1) is 16.6 Å². The zero-order valence-corrected chi connectivity index (χ0v) is 38.1. The molecule has 0 aliphatic rings. The number of aromatic hydroxyl groups is 1. The summed E-state index contributed by atoms with van der Waals surface area (Å²) >= 11 is 0. The molecule has 4 nitrogen and oxygen atoms in total. The molecule has 2 aromatic heterocycles. The van der Waals surface area contributed by atoms with Crippen LogP contribution in [0, 0.1) is 12.9 Å². The molecule has 0 saturated carbocycles. The number of hydrogen-bond acceptors (Lipinski definition) is 3. The third-order valence-electron chi connectivity index (χ3n) is 11.7. The van der Waals surface area contributed by atoms with E-state index in [9.17, 15) is 5.11 Å². The first kappa shape index (κ1) is 31.5. The van der Waals surface area contributed by atoms with Crippen LogP contribution in [0.1, 0.15) is 98.8 Å². The summed E-state index contributed by atoms with van der Waals surface area (Å²) in [7, 11) is 0. The second-order valence-electron chi connectivity index (χ2n) is 16.7. The van der Waals surface area contributed by atoms with Crippen molar-refractivity contribution in [1.82, 2.24) is 14.5 Å². The van der Waals surface area contributed by atoms with Crippen molar-refractivity contribution in [2.75, 3.05) is 0 Å². The first-order valence-corrected chi connectivity index (χ1v) is 21.1. The Kier molecular flexibility index (Phi) is 8.87. The van der Waals surface area contributed by atoms with E-state index in [-0.39, 0.29) is 49.8 Å². The molecule has 9 rings (SSSR count). The molecule has 0 fully saturated rings. The number of benzene rings is 7. The van der Waals surface area contributed by atoms with Gasteiger partial charge in [-0.15, -0.1) is 23.8 Å². The van der Waals surface area contributed by atoms with Gasteiger partial charge in [0, 0.05) is 55.1 Å². The Bertz CT molecular complexity index is 3530. The molecule has 1 N–H and O–H groups in total. The van der Waals surface area contributed by atoms with Crippen molar-refractivity contribution >= 4 is 11.0 Å². The fourth-order valence-electron chi connectivity index (χ4n) is 8.24. The minimum absolute atomic E-state index is 0. The van der Waals surface area contributed by atoms with Crippen LogP contribution in [0.4, 0.5) is 0 Å². The number of aryl methyl sites for hydroxylation is 1. The molecular formula is C59H54N3OPt-. The van der Waals surface area contributed by atoms with Crippen LogP contribution in [-0.2, 0) is 26.5 Å². The molecule has 0 atom stereocenters. The summed E-state index contributed by atoms with van der Waals surface area (Å²) in [4.78, 5) is 10.2. The van der Waals surface area contributed by atoms with Gasteiger partial charge in [0.25, 0.3) is 0 Å². The average molecular weight is 1030 g/mol. The van der Waals surface area contributed by atoms with Gasteiger partial charge in [0.2, 0.25) is 0 Å². The zero-order valence-electron chi connectivity index (χ0n) is 47.8. The van der Waals surface area contributed by atoms with Crippen LogP contribution in [0.5, 0.6) is 5.75 Å². The molecule has 7 aromatic carbocycles. The summed E-state index contributed by atoms with van der Waals surface area (Å²) in [5.74, 6) is 0.562. The van der Waals surface area contributed by atoms with E-state index < -0.39 is 32.8 Å². The molecule has 0 aliphatic heterocycles. The van der Waals surface area contributed by atoms with Crippen molar-refractivity contribution in [2.45, 2.75) is 72.4 Å². The summed E-state index contributed by atoms with van der Waals surface area (Å²) in [6.45, 7) is -4.44. The summed E-state index contributed by atoms with van der Waals surface area (Å²) in [6.07, 6.45) is 1.62. The van der Waals surface area contributed by atoms with Crippen LogP contribution in [0.15, 0.2) is 164 Å². The number of pyridine rings is 1. The molecular weight excluding hydrogens is 962 g/mol. The molecule has 0 spiro atoms. The van der Waals surface area contributed by atoms with Crippen LogP contribution in [0.3, 0.4) is 0 Å². The van der Waals surface area contributed by atoms with E-state index in [0.29, 0.717) is 67.2 Å². The van der Waals surface area contributed by atoms with Crippen molar-refractivity contribution in [1.29, 1.82) is 0 Å². The normalized spacial score (nSPS) is 15.2. The number of fused-ring (bicyclic) bond motifs is 1. The Balaban J connectivity index is 0.00000765. The second kappa shape index (κ2) is 18.0. The summed E-state index contributed by atoms with van der Waals surface area (Å²) < 4.78 is 102. The monoisotopic (exact) mass is 1030 g/mol. The van der Waals surface area contributed by atoms with E-state index in [1.54, 1.807) is 18.3 Å². The third kappa shape index (κ3) is 8.65. The molecule has 0 unspecified atom stereocenters. The van der Waals surface area contributed by atoms with Crippen molar-refractivity contribution in [3.05, 3.63) is 192 Å². The van der Waals surface area contributed by atoms with E-state index >= 15 is 0 Å². The van der Waals surface area contributed by atoms with Crippen LogP contribution in [0.25, 0.3) is 83.9 Å². The summed E-state index contributed by atoms with van der Waals surface area (Å²) in [5.41, 5.74) is 7.43. The van der Waals surface area contributed by atoms with Gasteiger partial charge in [-0.1, -0.05) is 180 Å². The number of imidazole rings is 1. The fourth-order valence-corrected chi connectivity index (χ4v) is 8.24. The third-order valence-corrected chi connectivity index (χ3v) is 11.7. The molecule has 9 aromatic rings. The van der Waals surface area contributed by atoms with Gasteiger partial charge in [-0.2, -0.15) is 0 Å². The van der Waals surface area contributed by atoms with E-state index in [0.717, 1.165) is 27.8 Å². The summed E-state index contributed by atoms with van der Waals surface area (Å²) in [6, 6.07) is 51.2. The minimum Gasteiger partial charge on any atom is -0.507 e. The van der Waals surface area contributed by atoms with Gasteiger partial charge in [0.1, 0.15) is 11.6 Å². The van der Waals surface area contributed by atoms with Crippen molar-refractivity contribution in [2.24, 2.45) is 0 Å². The predicted octanol–water partition coefficient (Wildman–Crippen LogP) is 15.8. The molecule has 0 aliphatic carbocycles. The van der Waals surface area contributed by atoms with E-state index in [1.165, 1.54) is 24.3 Å². The van der Waals surface area contributed by atoms with Crippen molar-refractivity contribution in [3.8, 4) is 78.6 Å². The topological polar surface area (TPSA) is 50.9 Å². The Morgan fingerprint density at radius 3 is 2.00 bits per heavy atom. The molecule has 2 heterocycles. The maximum atomic E-state index is 12.2. The molecule has 0 saturated heterocycles. The maximum Gasteiger partial charge on any atom is 0.148 e. The number of aromatic nitrogens is 3. The summed E-state index contributed by atoms with van der Waals surface area (Å²) in [5, 5.41) is 12.2. The molecule has 5 heteroatoms. The minimum atomic E-state index is -3.40. The molecule has 0 radical (unpaired) electrons. The first-order chi connectivity index (χ1) is 35.3. The average Bonchev–Trinajstić information content (AvgIpc) is 3.85. The molecule has 0 bridgehead atoms. The van der Waals surface area contributed by atoms with Crippen LogP contribution in [-0.4, -0.2) is 19.6 Å². The van der Waals surface area contributed by atoms with Gasteiger partial charge in [0.15, 0.2) is 0 Å². The molecule has 322 valence electrons. The van der Waals surface area contributed by atoms with Gasteiger partial charge < -0.3 is 5.11 Å². The standard InChI is InChI=1S/C59H54N3O.Pt/c1-37(2)44-34-52(38(3)4)57(63)53(35-44)58-61-56-51(20-15-21-55(56)62(58)49-26-27-50(39(5)30-49)42-18-13-10-14-19-42)46-31-45(40-16-11-9-12-17-40)32-47(33-46)54-36-43(28-29-60-54)41-22-24-48(25-23-41)59(6,7)8;/h9-32,34-38,63H,1-8H3;/q-1;/i5D3,6D3,7D3,8D3;. The zero-order chi connectivity index (χ0) is 54.0. The maximum absolute atomic E-state index is 12.2. The number of hydrogen-bond donors (Lipinski definition) is 1. The number of phenolic OH excluding ortho intramolecular Hbond substituents is 1. The van der Waals surface area contributed by atoms with Crippen LogP contribution >= 0.6 is 0 Å². The first-order valence-electron chi connectivity index (χ1n) is 27.1. The SMILES string of the molecule is [2H]C([2H])([2H])c1cc(-n2c(-c3cc(C(C)C)cc(C(C)C)c3O)nc3c(-c4[c-]c(-c5cc(-c6ccc(C(C([2H])([2H])[2H])(C([2H])([2H])[2H])C([2H])([2H])[2H])cc6)ccn5)cc(-c5ccccc5)c4)cccc32)ccc1-c1ccccc1.[Pt]. The Morgan fingerprint density at radius 1 is 0.609 bits per heavy atom. The smallest absolute Gasteiger partial charge is 0.148 e. The van der Waals surface area contributed by atoms with Crippen LogP contribution in [0.2, 0.25) is 0 Å². The van der Waals surface area contributed by atoms with Gasteiger partial charge >= 0.3 is 0 Å². The number of rotatable bonds is 9. The molecule has 64 heavy (non-hydrogen) atoms. The van der Waals surface area contributed by atoms with Gasteiger partial charge in [-0.25, -0.2) is 4.98 Å². The van der Waals surface area contributed by atoms with E-state index in [4.69, 9.17) is 26.4 Å². The second-order valence-corrected chi connectivity index (χ2v) is 16.7. The predicted molar refractivity (Wildman–Crippen MR) is 264 cm³/mol. The van der Waals surface area contributed by atoms with E-state index in [2.05, 4.69) is 19.9 Å². The van der Waals surface area contributed by atoms with Crippen molar-refractivity contribution in [3.63, 3.8) is 0 Å². The number of phenols is 1. The Morgan fingerprint density at radius 2 is 1.31 bits per heavy atom. The fraction of sp³-hybridized carbons (Fsp3) is 0.186. The van der Waals surface area contributed by atoms with Gasteiger partial charge in [-0.3, -0.25) is 9.55 Å². The Hall–Kier alpha value is -6.35. The molecule has 0 amide bonds. The number of para-hydroxylation sites is 1. The van der Waals surface area contributed by atoms with Crippen molar-refractivity contribution < 1.29 is 42.6 Å². The van der Waals surface area contributed by atoms with E-state index in [1.807, 2.05) is 140 Å². The Labute approximate surface area is 409 Å². The van der Waals surface area contributed by atoms with Crippen LogP contribution < -0.4 is 0 Å².